The lowest BCUT2D eigenvalue weighted by molar-refractivity contribution is -0.122. The van der Waals surface area contributed by atoms with Crippen molar-refractivity contribution >= 4 is 17.2 Å². The van der Waals surface area contributed by atoms with Gasteiger partial charge in [0.15, 0.2) is 0 Å². The highest BCUT2D eigenvalue weighted by Crippen LogP contribution is 2.11. The first-order chi connectivity index (χ1) is 10.2. The van der Waals surface area contributed by atoms with Gasteiger partial charge in [-0.2, -0.15) is 9.36 Å². The van der Waals surface area contributed by atoms with E-state index in [2.05, 4.69) is 15.7 Å². The number of hydrogen-bond acceptors (Lipinski definition) is 6. The van der Waals surface area contributed by atoms with E-state index in [1.165, 1.54) is 16.0 Å². The van der Waals surface area contributed by atoms with Crippen LogP contribution in [0, 0.1) is 5.92 Å². The molecule has 2 aromatic rings. The molecule has 3 rings (SSSR count). The topological polar surface area (TPSA) is 91.0 Å². The largest absolute Gasteiger partial charge is 0.381 e. The lowest BCUT2D eigenvalue weighted by Crippen LogP contribution is -2.35. The van der Waals surface area contributed by atoms with Gasteiger partial charge >= 0.3 is 5.69 Å². The summed E-state index contributed by atoms with van der Waals surface area (Å²) < 4.78 is 7.48. The predicted octanol–water partition coefficient (Wildman–Crippen LogP) is -0.357. The summed E-state index contributed by atoms with van der Waals surface area (Å²) in [7, 11) is 0. The quantitative estimate of drug-likeness (QED) is 0.815. The van der Waals surface area contributed by atoms with E-state index >= 15 is 0 Å². The zero-order chi connectivity index (χ0) is 14.7. The molecule has 0 bridgehead atoms. The Morgan fingerprint density at radius 3 is 3.14 bits per heavy atom. The number of carbonyl (C=O) groups excluding carboxylic acids is 1. The molecule has 9 heteroatoms. The third-order valence-electron chi connectivity index (χ3n) is 3.26. The fourth-order valence-corrected chi connectivity index (χ4v) is 2.76. The summed E-state index contributed by atoms with van der Waals surface area (Å²) >= 11 is 1.38. The molecular weight excluding hydrogens is 294 g/mol. The van der Waals surface area contributed by atoms with Crippen molar-refractivity contribution in [1.82, 2.24) is 25.1 Å². The number of rotatable bonds is 5. The zero-order valence-corrected chi connectivity index (χ0v) is 12.1. The van der Waals surface area contributed by atoms with Crippen molar-refractivity contribution in [2.75, 3.05) is 19.8 Å². The molecule has 0 saturated carbocycles. The Kier molecular flexibility index (Phi) is 4.11. The fourth-order valence-electron chi connectivity index (χ4n) is 2.10. The Labute approximate surface area is 124 Å². The second-order valence-corrected chi connectivity index (χ2v) is 5.74. The third-order valence-corrected chi connectivity index (χ3v) is 4.10. The predicted molar refractivity (Wildman–Crippen MR) is 75.4 cm³/mol. The SMILES string of the molecule is O=C(Cn1nnn(-c2cccs2)c1=O)NC[C@@H]1CCOC1. The third kappa shape index (κ3) is 3.19. The molecule has 0 aromatic carbocycles. The number of nitrogens with one attached hydrogen (secondary N) is 1. The van der Waals surface area contributed by atoms with Gasteiger partial charge in [0.2, 0.25) is 5.91 Å². The molecule has 3 heterocycles. The Morgan fingerprint density at radius 1 is 1.52 bits per heavy atom. The highest BCUT2D eigenvalue weighted by Gasteiger charge is 2.17. The monoisotopic (exact) mass is 309 g/mol. The van der Waals surface area contributed by atoms with E-state index < -0.39 is 5.69 Å². The molecule has 0 unspecified atom stereocenters. The van der Waals surface area contributed by atoms with Gasteiger partial charge < -0.3 is 10.1 Å². The molecule has 8 nitrogen and oxygen atoms in total. The van der Waals surface area contributed by atoms with Crippen LogP contribution < -0.4 is 11.0 Å². The van der Waals surface area contributed by atoms with E-state index in [0.29, 0.717) is 24.1 Å². The molecule has 112 valence electrons. The number of hydrogen-bond donors (Lipinski definition) is 1. The summed E-state index contributed by atoms with van der Waals surface area (Å²) in [6.45, 7) is 1.86. The molecule has 1 N–H and O–H groups in total. The van der Waals surface area contributed by atoms with Gasteiger partial charge in [-0.05, 0) is 34.4 Å². The van der Waals surface area contributed by atoms with Gasteiger partial charge in [-0.15, -0.1) is 11.3 Å². The summed E-state index contributed by atoms with van der Waals surface area (Å²) in [5.74, 6) is 0.106. The van der Waals surface area contributed by atoms with Crippen molar-refractivity contribution in [3.63, 3.8) is 0 Å². The number of nitrogens with zero attached hydrogens (tertiary/aromatic N) is 4. The Balaban J connectivity index is 1.60. The van der Waals surface area contributed by atoms with Crippen molar-refractivity contribution < 1.29 is 9.53 Å². The molecule has 0 aliphatic carbocycles. The maximum atomic E-state index is 12.1. The lowest BCUT2D eigenvalue weighted by Gasteiger charge is -2.08. The number of thiophene rings is 1. The average molecular weight is 309 g/mol. The summed E-state index contributed by atoms with van der Waals surface area (Å²) in [5.41, 5.74) is -0.420. The number of ether oxygens (including phenoxy) is 1. The summed E-state index contributed by atoms with van der Waals surface area (Å²) in [4.78, 5) is 23.9. The standard InChI is InChI=1S/C12H15N5O3S/c18-10(13-6-9-3-4-20-8-9)7-16-12(19)17(15-14-16)11-2-1-5-21-11/h1-2,5,9H,3-4,6-8H2,(H,13,18)/t9-/m0/s1. The first-order valence-electron chi connectivity index (χ1n) is 6.65. The normalized spacial score (nSPS) is 18.0. The summed E-state index contributed by atoms with van der Waals surface area (Å²) in [5, 5.41) is 12.8. The van der Waals surface area contributed by atoms with Crippen LogP contribution in [0.2, 0.25) is 0 Å². The van der Waals surface area contributed by atoms with Gasteiger partial charge in [-0.25, -0.2) is 4.79 Å². The molecule has 1 fully saturated rings. The van der Waals surface area contributed by atoms with Crippen LogP contribution in [0.3, 0.4) is 0 Å². The minimum Gasteiger partial charge on any atom is -0.381 e. The van der Waals surface area contributed by atoms with Crippen molar-refractivity contribution in [2.45, 2.75) is 13.0 Å². The van der Waals surface area contributed by atoms with Crippen molar-refractivity contribution in [3.05, 3.63) is 28.0 Å². The van der Waals surface area contributed by atoms with Crippen LogP contribution in [0.1, 0.15) is 6.42 Å². The van der Waals surface area contributed by atoms with Gasteiger partial charge in [-0.1, -0.05) is 0 Å². The molecule has 1 amide bonds. The molecule has 1 saturated heterocycles. The molecule has 21 heavy (non-hydrogen) atoms. The second-order valence-electron chi connectivity index (χ2n) is 4.82. The van der Waals surface area contributed by atoms with Crippen molar-refractivity contribution in [3.8, 4) is 5.00 Å². The Bertz CT molecular complexity index is 657. The lowest BCUT2D eigenvalue weighted by atomic mass is 10.1. The van der Waals surface area contributed by atoms with E-state index in [9.17, 15) is 9.59 Å². The van der Waals surface area contributed by atoms with E-state index in [-0.39, 0.29) is 12.5 Å². The number of carbonyl (C=O) groups is 1. The van der Waals surface area contributed by atoms with Gasteiger partial charge in [0.1, 0.15) is 11.5 Å². The van der Waals surface area contributed by atoms with Gasteiger partial charge in [0.25, 0.3) is 0 Å². The van der Waals surface area contributed by atoms with E-state index in [1.807, 2.05) is 11.4 Å². The minimum absolute atomic E-state index is 0.127. The summed E-state index contributed by atoms with van der Waals surface area (Å²) in [6, 6.07) is 3.59. The molecule has 2 aromatic heterocycles. The smallest absolute Gasteiger partial charge is 0.369 e. The fraction of sp³-hybridized carbons (Fsp3) is 0.500. The number of amides is 1. The maximum Gasteiger partial charge on any atom is 0.369 e. The van der Waals surface area contributed by atoms with Crippen LogP contribution in [-0.4, -0.2) is 45.5 Å². The highest BCUT2D eigenvalue weighted by molar-refractivity contribution is 7.12. The maximum absolute atomic E-state index is 12.1. The molecule has 1 atom stereocenters. The second kappa shape index (κ2) is 6.19. The van der Waals surface area contributed by atoms with Gasteiger partial charge in [0, 0.05) is 19.1 Å². The van der Waals surface area contributed by atoms with Crippen LogP contribution in [0.5, 0.6) is 0 Å². The highest BCUT2D eigenvalue weighted by atomic mass is 32.1. The Morgan fingerprint density at radius 2 is 2.43 bits per heavy atom. The van der Waals surface area contributed by atoms with Gasteiger partial charge in [-0.3, -0.25) is 4.79 Å². The molecule has 1 aliphatic heterocycles. The van der Waals surface area contributed by atoms with E-state index in [0.717, 1.165) is 17.7 Å². The molecule has 1 aliphatic rings. The number of aromatic nitrogens is 4. The van der Waals surface area contributed by atoms with E-state index in [1.54, 1.807) is 6.07 Å². The van der Waals surface area contributed by atoms with E-state index in [4.69, 9.17) is 4.74 Å². The van der Waals surface area contributed by atoms with Crippen LogP contribution in [0.25, 0.3) is 5.00 Å². The first kappa shape index (κ1) is 14.0. The average Bonchev–Trinajstić information content (AvgIpc) is 3.19. The molecule has 0 radical (unpaired) electrons. The zero-order valence-electron chi connectivity index (χ0n) is 11.3. The van der Waals surface area contributed by atoms with Crippen LogP contribution in [-0.2, 0) is 16.1 Å². The molecular formula is C12H15N5O3S. The van der Waals surface area contributed by atoms with Crippen LogP contribution in [0.15, 0.2) is 22.3 Å². The van der Waals surface area contributed by atoms with Crippen LogP contribution >= 0.6 is 11.3 Å². The van der Waals surface area contributed by atoms with Crippen molar-refractivity contribution in [1.29, 1.82) is 0 Å². The summed E-state index contributed by atoms with van der Waals surface area (Å²) in [6.07, 6.45) is 0.953. The first-order valence-corrected chi connectivity index (χ1v) is 7.53. The van der Waals surface area contributed by atoms with Crippen LogP contribution in [0.4, 0.5) is 0 Å². The van der Waals surface area contributed by atoms with Gasteiger partial charge in [0.05, 0.1) is 6.61 Å². The minimum atomic E-state index is -0.420. The van der Waals surface area contributed by atoms with Crippen molar-refractivity contribution in [2.24, 2.45) is 5.92 Å². The molecule has 0 spiro atoms. The Hall–Kier alpha value is -2.00. The number of tetrazole rings is 1.